The summed E-state index contributed by atoms with van der Waals surface area (Å²) in [5, 5.41) is 4.69. The molecule has 0 radical (unpaired) electrons. The van der Waals surface area contributed by atoms with Crippen LogP contribution in [-0.4, -0.2) is 39.1 Å². The maximum Gasteiger partial charge on any atom is 0.218 e. The fraction of sp³-hybridized carbons (Fsp3) is 0.250. The highest BCUT2D eigenvalue weighted by Crippen LogP contribution is 2.34. The Balaban J connectivity index is 1.70. The third kappa shape index (κ3) is 2.81. The monoisotopic (exact) mass is 397 g/mol. The Morgan fingerprint density at radius 2 is 1.96 bits per heavy atom. The molecule has 28 heavy (non-hydrogen) atoms. The van der Waals surface area contributed by atoms with Crippen molar-refractivity contribution in [2.45, 2.75) is 24.9 Å². The van der Waals surface area contributed by atoms with Crippen LogP contribution in [0.5, 0.6) is 0 Å². The molecular weight excluding hydrogens is 381 g/mol. The van der Waals surface area contributed by atoms with E-state index in [-0.39, 0.29) is 30.2 Å². The zero-order chi connectivity index (χ0) is 19.3. The molecule has 0 aliphatic carbocycles. The lowest BCUT2D eigenvalue weighted by molar-refractivity contribution is -0.156. The summed E-state index contributed by atoms with van der Waals surface area (Å²) < 4.78 is 28.8. The third-order valence-corrected chi connectivity index (χ3v) is 5.40. The third-order valence-electron chi connectivity index (χ3n) is 5.03. The first-order chi connectivity index (χ1) is 13.6. The fourth-order valence-electron chi connectivity index (χ4n) is 3.69. The quantitative estimate of drug-likeness (QED) is 0.634. The number of carbonyl (C=O) groups is 1. The highest BCUT2D eigenvalue weighted by atomic mass is 32.1. The number of nitrogens with zero attached hydrogens (tertiary/aromatic N) is 3. The van der Waals surface area contributed by atoms with Gasteiger partial charge in [0, 0.05) is 17.7 Å². The lowest BCUT2D eigenvalue weighted by Crippen LogP contribution is -2.37. The molecule has 2 aromatic carbocycles. The van der Waals surface area contributed by atoms with Gasteiger partial charge in [0.25, 0.3) is 0 Å². The van der Waals surface area contributed by atoms with Crippen molar-refractivity contribution in [2.75, 3.05) is 6.61 Å². The summed E-state index contributed by atoms with van der Waals surface area (Å²) in [4.78, 5) is 12.2. The number of ether oxygens (including phenoxy) is 2. The van der Waals surface area contributed by atoms with Crippen LogP contribution in [0.4, 0.5) is 4.39 Å². The Kier molecular flexibility index (Phi) is 4.19. The number of Topliss-reactive ketones (excluding diaryl/α,β-unsaturated/α-hetero) is 1. The van der Waals surface area contributed by atoms with Crippen molar-refractivity contribution in [3.63, 3.8) is 0 Å². The van der Waals surface area contributed by atoms with E-state index in [1.807, 2.05) is 30.3 Å². The second-order valence-electron chi connectivity index (χ2n) is 6.81. The van der Waals surface area contributed by atoms with Crippen LogP contribution >= 0.6 is 12.2 Å². The Morgan fingerprint density at radius 3 is 2.75 bits per heavy atom. The van der Waals surface area contributed by atoms with Gasteiger partial charge in [-0.15, -0.1) is 0 Å². The molecule has 6 nitrogen and oxygen atoms in total. The molecule has 2 aliphatic heterocycles. The first kappa shape index (κ1) is 17.4. The van der Waals surface area contributed by atoms with E-state index < -0.39 is 6.29 Å². The summed E-state index contributed by atoms with van der Waals surface area (Å²) in [6.45, 7) is 0.316. The molecule has 2 bridgehead atoms. The van der Waals surface area contributed by atoms with Crippen LogP contribution in [-0.2, 0) is 14.3 Å². The molecule has 3 heterocycles. The minimum absolute atomic E-state index is 0.123. The van der Waals surface area contributed by atoms with Gasteiger partial charge in [0.1, 0.15) is 11.9 Å². The van der Waals surface area contributed by atoms with Crippen molar-refractivity contribution >= 4 is 18.0 Å². The molecule has 0 saturated carbocycles. The Labute approximate surface area is 165 Å². The van der Waals surface area contributed by atoms with E-state index in [2.05, 4.69) is 0 Å². The predicted octanol–water partition coefficient (Wildman–Crippen LogP) is 3.46. The lowest BCUT2D eigenvalue weighted by Gasteiger charge is -2.26. The van der Waals surface area contributed by atoms with Gasteiger partial charge in [0.05, 0.1) is 12.6 Å². The van der Waals surface area contributed by atoms with Crippen LogP contribution in [0.1, 0.15) is 12.5 Å². The second-order valence-corrected chi connectivity index (χ2v) is 7.17. The fourth-order valence-corrected chi connectivity index (χ4v) is 4.06. The zero-order valence-corrected chi connectivity index (χ0v) is 15.5. The maximum atomic E-state index is 13.9. The summed E-state index contributed by atoms with van der Waals surface area (Å²) in [6, 6.07) is 15.3. The second kappa shape index (κ2) is 6.73. The van der Waals surface area contributed by atoms with Gasteiger partial charge in [0.2, 0.25) is 11.1 Å². The van der Waals surface area contributed by atoms with Crippen molar-refractivity contribution in [2.24, 2.45) is 0 Å². The van der Waals surface area contributed by atoms with Gasteiger partial charge in [0.15, 0.2) is 11.6 Å². The average Bonchev–Trinajstić information content (AvgIpc) is 3.28. The number of hydrogen-bond donors (Lipinski definition) is 0. The largest absolute Gasteiger partial charge is 0.343 e. The minimum Gasteiger partial charge on any atom is -0.343 e. The van der Waals surface area contributed by atoms with E-state index >= 15 is 0 Å². The van der Waals surface area contributed by atoms with Gasteiger partial charge < -0.3 is 9.47 Å². The first-order valence-electron chi connectivity index (χ1n) is 8.94. The van der Waals surface area contributed by atoms with Gasteiger partial charge >= 0.3 is 0 Å². The Bertz CT molecular complexity index is 1110. The number of rotatable bonds is 3. The molecule has 2 aliphatic rings. The molecule has 5 rings (SSSR count). The summed E-state index contributed by atoms with van der Waals surface area (Å²) in [6.07, 6.45) is -0.846. The molecule has 0 N–H and O–H groups in total. The minimum atomic E-state index is -0.783. The summed E-state index contributed by atoms with van der Waals surface area (Å²) in [5.41, 5.74) is 1.40. The highest BCUT2D eigenvalue weighted by Gasteiger charge is 2.45. The number of benzene rings is 2. The SMILES string of the molecule is O=C1C[C@@H](n2nc(-c3cccc(F)c3)n(-c3ccccc3)c2=S)[C@H]2CO[C@H]1O2. The first-order valence-corrected chi connectivity index (χ1v) is 9.35. The molecule has 0 amide bonds. The number of ketones is 1. The molecule has 0 spiro atoms. The van der Waals surface area contributed by atoms with Crippen LogP contribution in [0, 0.1) is 10.6 Å². The number of hydrogen-bond acceptors (Lipinski definition) is 5. The van der Waals surface area contributed by atoms with E-state index in [0.29, 0.717) is 22.8 Å². The van der Waals surface area contributed by atoms with Gasteiger partial charge in [-0.2, -0.15) is 5.10 Å². The van der Waals surface area contributed by atoms with E-state index in [9.17, 15) is 9.18 Å². The van der Waals surface area contributed by atoms with Crippen LogP contribution in [0.25, 0.3) is 17.1 Å². The average molecular weight is 397 g/mol. The predicted molar refractivity (Wildman–Crippen MR) is 101 cm³/mol. The molecular formula is C20H16FN3O3S. The van der Waals surface area contributed by atoms with Gasteiger partial charge in [-0.05, 0) is 36.5 Å². The molecule has 0 unspecified atom stereocenters. The number of para-hydroxylation sites is 1. The van der Waals surface area contributed by atoms with Crippen molar-refractivity contribution in [3.05, 3.63) is 65.2 Å². The van der Waals surface area contributed by atoms with E-state index in [1.54, 1.807) is 21.4 Å². The van der Waals surface area contributed by atoms with Gasteiger partial charge in [-0.3, -0.25) is 9.36 Å². The maximum absolute atomic E-state index is 13.9. The molecule has 1 aromatic heterocycles. The topological polar surface area (TPSA) is 58.3 Å². The summed E-state index contributed by atoms with van der Waals surface area (Å²) >= 11 is 5.72. The smallest absolute Gasteiger partial charge is 0.218 e. The molecule has 2 saturated heterocycles. The van der Waals surface area contributed by atoms with Crippen LogP contribution < -0.4 is 0 Å². The number of carbonyl (C=O) groups excluding carboxylic acids is 1. The van der Waals surface area contributed by atoms with Crippen LogP contribution in [0.3, 0.4) is 0 Å². The molecule has 3 atom stereocenters. The zero-order valence-electron chi connectivity index (χ0n) is 14.7. The molecule has 142 valence electrons. The van der Waals surface area contributed by atoms with E-state index in [0.717, 1.165) is 5.69 Å². The molecule has 2 fully saturated rings. The summed E-state index contributed by atoms with van der Waals surface area (Å²) in [5.74, 6) is 0.0206. The van der Waals surface area contributed by atoms with Gasteiger partial charge in [-0.25, -0.2) is 9.07 Å². The van der Waals surface area contributed by atoms with Crippen LogP contribution in [0.2, 0.25) is 0 Å². The Morgan fingerprint density at radius 1 is 1.14 bits per heavy atom. The number of aromatic nitrogens is 3. The van der Waals surface area contributed by atoms with E-state index in [4.69, 9.17) is 26.8 Å². The normalized spacial score (nSPS) is 23.9. The molecule has 3 aromatic rings. The van der Waals surface area contributed by atoms with E-state index in [1.165, 1.54) is 12.1 Å². The number of halogens is 1. The standard InChI is InChI=1S/C20H16FN3O3S/c21-13-6-4-5-12(9-13)18-22-24(15-10-16(25)19-26-11-17(15)27-19)20(28)23(18)14-7-2-1-3-8-14/h1-9,15,17,19H,10-11H2/t15-,17-,19+/m1/s1. The summed E-state index contributed by atoms with van der Waals surface area (Å²) in [7, 11) is 0. The van der Waals surface area contributed by atoms with Crippen molar-refractivity contribution < 1.29 is 18.7 Å². The molecule has 8 heteroatoms. The van der Waals surface area contributed by atoms with Crippen molar-refractivity contribution in [1.29, 1.82) is 0 Å². The lowest BCUT2D eigenvalue weighted by atomic mass is 10.0. The Hall–Kier alpha value is -2.68. The highest BCUT2D eigenvalue weighted by molar-refractivity contribution is 7.71. The van der Waals surface area contributed by atoms with Crippen LogP contribution in [0.15, 0.2) is 54.6 Å². The van der Waals surface area contributed by atoms with Gasteiger partial charge in [-0.1, -0.05) is 30.3 Å². The van der Waals surface area contributed by atoms with Crippen molar-refractivity contribution in [3.8, 4) is 17.1 Å². The van der Waals surface area contributed by atoms with Crippen molar-refractivity contribution in [1.82, 2.24) is 14.3 Å². The number of fused-ring (bicyclic) bond motifs is 2.